The van der Waals surface area contributed by atoms with Crippen LogP contribution in [-0.2, 0) is 14.8 Å². The number of carbonyl (C=O) groups is 2. The highest BCUT2D eigenvalue weighted by molar-refractivity contribution is 7.88. The molecule has 0 aromatic heterocycles. The van der Waals surface area contributed by atoms with Crippen LogP contribution in [0.1, 0.15) is 19.8 Å². The molecule has 1 fully saturated rings. The lowest BCUT2D eigenvalue weighted by atomic mass is 10.0. The van der Waals surface area contributed by atoms with Gasteiger partial charge in [-0.25, -0.2) is 13.2 Å². The number of hydrogen-bond acceptors (Lipinski definition) is 4. The third-order valence-corrected chi connectivity index (χ3v) is 4.88. The van der Waals surface area contributed by atoms with Gasteiger partial charge < -0.3 is 15.3 Å². The first kappa shape index (κ1) is 17.7. The third kappa shape index (κ3) is 5.88. The monoisotopic (exact) mass is 321 g/mol. The van der Waals surface area contributed by atoms with E-state index in [1.165, 1.54) is 4.31 Å². The van der Waals surface area contributed by atoms with Crippen molar-refractivity contribution in [1.82, 2.24) is 14.5 Å². The average molecular weight is 321 g/mol. The first-order chi connectivity index (χ1) is 9.74. The quantitative estimate of drug-likeness (QED) is 0.703. The average Bonchev–Trinajstić information content (AvgIpc) is 2.41. The summed E-state index contributed by atoms with van der Waals surface area (Å²) in [5, 5.41) is 11.5. The number of sulfonamides is 1. The molecular formula is C12H23N3O5S. The fraction of sp³-hybridized carbons (Fsp3) is 0.833. The Labute approximate surface area is 125 Å². The Bertz CT molecular complexity index is 471. The van der Waals surface area contributed by atoms with Crippen LogP contribution in [0.5, 0.6) is 0 Å². The van der Waals surface area contributed by atoms with Gasteiger partial charge >= 0.3 is 12.0 Å². The molecule has 0 aromatic carbocycles. The maximum atomic E-state index is 12.0. The maximum absolute atomic E-state index is 12.0. The van der Waals surface area contributed by atoms with Crippen LogP contribution >= 0.6 is 0 Å². The highest BCUT2D eigenvalue weighted by Crippen LogP contribution is 2.08. The van der Waals surface area contributed by atoms with E-state index >= 15 is 0 Å². The SMILES string of the molecule is CCC(CNC(=O)N1CCN(S(C)(=O)=O)CC1)CC(=O)O. The molecule has 1 rings (SSSR count). The molecule has 0 aromatic rings. The van der Waals surface area contributed by atoms with Crippen LogP contribution in [-0.4, -0.2) is 73.7 Å². The van der Waals surface area contributed by atoms with Crippen LogP contribution in [0.4, 0.5) is 4.79 Å². The van der Waals surface area contributed by atoms with Gasteiger partial charge in [-0.15, -0.1) is 0 Å². The number of nitrogens with zero attached hydrogens (tertiary/aromatic N) is 2. The van der Waals surface area contributed by atoms with Crippen molar-refractivity contribution < 1.29 is 23.1 Å². The number of carboxylic acids is 1. The van der Waals surface area contributed by atoms with Gasteiger partial charge in [0.2, 0.25) is 10.0 Å². The van der Waals surface area contributed by atoms with E-state index in [2.05, 4.69) is 5.32 Å². The minimum atomic E-state index is -3.21. The second-order valence-corrected chi connectivity index (χ2v) is 7.19. The molecular weight excluding hydrogens is 298 g/mol. The molecule has 2 N–H and O–H groups in total. The zero-order valence-electron chi connectivity index (χ0n) is 12.4. The van der Waals surface area contributed by atoms with Crippen molar-refractivity contribution >= 4 is 22.0 Å². The van der Waals surface area contributed by atoms with E-state index in [1.54, 1.807) is 4.90 Å². The third-order valence-electron chi connectivity index (χ3n) is 3.58. The number of hydrogen-bond donors (Lipinski definition) is 2. The summed E-state index contributed by atoms with van der Waals surface area (Å²) in [5.74, 6) is -0.971. The molecule has 8 nitrogen and oxygen atoms in total. The lowest BCUT2D eigenvalue weighted by Gasteiger charge is -2.33. The van der Waals surface area contributed by atoms with E-state index in [0.717, 1.165) is 6.26 Å². The van der Waals surface area contributed by atoms with E-state index in [-0.39, 0.29) is 18.4 Å². The summed E-state index contributed by atoms with van der Waals surface area (Å²) in [4.78, 5) is 24.2. The molecule has 1 atom stereocenters. The van der Waals surface area contributed by atoms with Crippen molar-refractivity contribution in [2.24, 2.45) is 5.92 Å². The van der Waals surface area contributed by atoms with E-state index < -0.39 is 16.0 Å². The Morgan fingerprint density at radius 2 is 1.81 bits per heavy atom. The fourth-order valence-electron chi connectivity index (χ4n) is 2.17. The Morgan fingerprint density at radius 1 is 1.24 bits per heavy atom. The van der Waals surface area contributed by atoms with Gasteiger partial charge in [0.15, 0.2) is 0 Å². The maximum Gasteiger partial charge on any atom is 0.317 e. The minimum absolute atomic E-state index is 0.0264. The van der Waals surface area contributed by atoms with Crippen LogP contribution in [0.3, 0.4) is 0 Å². The van der Waals surface area contributed by atoms with Crippen LogP contribution in [0, 0.1) is 5.92 Å². The molecule has 0 spiro atoms. The van der Waals surface area contributed by atoms with E-state index in [1.807, 2.05) is 6.92 Å². The van der Waals surface area contributed by atoms with Crippen molar-refractivity contribution in [2.45, 2.75) is 19.8 Å². The number of amides is 2. The standard InChI is InChI=1S/C12H23N3O5S/c1-3-10(8-11(16)17)9-13-12(18)14-4-6-15(7-5-14)21(2,19)20/h10H,3-9H2,1-2H3,(H,13,18)(H,16,17). The van der Waals surface area contributed by atoms with Gasteiger partial charge in [-0.3, -0.25) is 4.79 Å². The summed E-state index contributed by atoms with van der Waals surface area (Å²) in [6.45, 7) is 3.46. The number of urea groups is 1. The molecule has 21 heavy (non-hydrogen) atoms. The number of carboxylic acid groups (broad SMARTS) is 1. The van der Waals surface area contributed by atoms with Crippen molar-refractivity contribution in [2.75, 3.05) is 39.0 Å². The molecule has 122 valence electrons. The molecule has 2 amide bonds. The zero-order chi connectivity index (χ0) is 16.0. The van der Waals surface area contributed by atoms with Gasteiger partial charge in [-0.2, -0.15) is 4.31 Å². The summed E-state index contributed by atoms with van der Waals surface area (Å²) in [7, 11) is -3.21. The van der Waals surface area contributed by atoms with Gasteiger partial charge in [-0.05, 0) is 5.92 Å². The highest BCUT2D eigenvalue weighted by atomic mass is 32.2. The lowest BCUT2D eigenvalue weighted by Crippen LogP contribution is -2.53. The van der Waals surface area contributed by atoms with Gasteiger partial charge in [0.25, 0.3) is 0 Å². The van der Waals surface area contributed by atoms with Crippen molar-refractivity contribution in [1.29, 1.82) is 0 Å². The first-order valence-corrected chi connectivity index (χ1v) is 8.78. The van der Waals surface area contributed by atoms with Gasteiger partial charge in [0.05, 0.1) is 6.26 Å². The molecule has 1 aliphatic rings. The summed E-state index contributed by atoms with van der Waals surface area (Å²) >= 11 is 0. The normalized spacial score (nSPS) is 18.3. The van der Waals surface area contributed by atoms with E-state index in [0.29, 0.717) is 39.1 Å². The largest absolute Gasteiger partial charge is 0.481 e. The Kier molecular flexibility index (Phi) is 6.41. The molecule has 1 unspecified atom stereocenters. The molecule has 1 saturated heterocycles. The molecule has 9 heteroatoms. The Balaban J connectivity index is 2.39. The van der Waals surface area contributed by atoms with Crippen molar-refractivity contribution in [3.8, 4) is 0 Å². The van der Waals surface area contributed by atoms with Gasteiger partial charge in [0.1, 0.15) is 0 Å². The predicted molar refractivity (Wildman–Crippen MR) is 77.4 cm³/mol. The number of rotatable bonds is 6. The minimum Gasteiger partial charge on any atom is -0.481 e. The predicted octanol–water partition coefficient (Wildman–Crippen LogP) is -0.226. The smallest absolute Gasteiger partial charge is 0.317 e. The molecule has 0 saturated carbocycles. The van der Waals surface area contributed by atoms with E-state index in [9.17, 15) is 18.0 Å². The van der Waals surface area contributed by atoms with Crippen LogP contribution in [0.2, 0.25) is 0 Å². The number of aliphatic carboxylic acids is 1. The first-order valence-electron chi connectivity index (χ1n) is 6.93. The topological polar surface area (TPSA) is 107 Å². The van der Waals surface area contributed by atoms with Crippen molar-refractivity contribution in [3.63, 3.8) is 0 Å². The molecule has 0 radical (unpaired) electrons. The Morgan fingerprint density at radius 3 is 2.24 bits per heavy atom. The molecule has 0 bridgehead atoms. The molecule has 1 heterocycles. The Hall–Kier alpha value is -1.35. The fourth-order valence-corrected chi connectivity index (χ4v) is 3.00. The second-order valence-electron chi connectivity index (χ2n) is 5.21. The van der Waals surface area contributed by atoms with Crippen LogP contribution < -0.4 is 5.32 Å². The summed E-state index contributed by atoms with van der Waals surface area (Å²) in [6.07, 6.45) is 1.85. The lowest BCUT2D eigenvalue weighted by molar-refractivity contribution is -0.138. The van der Waals surface area contributed by atoms with Crippen LogP contribution in [0.25, 0.3) is 0 Å². The number of carbonyl (C=O) groups excluding carboxylic acids is 1. The second kappa shape index (κ2) is 7.60. The number of piperazine rings is 1. The summed E-state index contributed by atoms with van der Waals surface area (Å²) < 4.78 is 24.1. The molecule has 1 aliphatic heterocycles. The van der Waals surface area contributed by atoms with Crippen molar-refractivity contribution in [3.05, 3.63) is 0 Å². The highest BCUT2D eigenvalue weighted by Gasteiger charge is 2.26. The molecule has 0 aliphatic carbocycles. The van der Waals surface area contributed by atoms with E-state index in [4.69, 9.17) is 5.11 Å². The summed E-state index contributed by atoms with van der Waals surface area (Å²) in [5.41, 5.74) is 0. The van der Waals surface area contributed by atoms with Gasteiger partial charge in [-0.1, -0.05) is 13.3 Å². The van der Waals surface area contributed by atoms with Gasteiger partial charge in [0, 0.05) is 39.1 Å². The number of nitrogens with one attached hydrogen (secondary N) is 1. The van der Waals surface area contributed by atoms with Crippen LogP contribution in [0.15, 0.2) is 0 Å². The zero-order valence-corrected chi connectivity index (χ0v) is 13.2. The summed E-state index contributed by atoms with van der Waals surface area (Å²) in [6, 6.07) is -0.271.